The molecule has 14 heteroatoms. The maximum absolute atomic E-state index is 13.1. The molecule has 8 nitrogen and oxygen atoms in total. The summed E-state index contributed by atoms with van der Waals surface area (Å²) < 4.78 is 65.1. The molecule has 0 unspecified atom stereocenters. The second-order valence-corrected chi connectivity index (χ2v) is 12.0. The molecule has 1 aliphatic rings. The molecular formula is C23H22Cl2F3N5O3S. The number of benzene rings is 2. The van der Waals surface area contributed by atoms with Crippen molar-refractivity contribution >= 4 is 56.4 Å². The molecule has 1 aliphatic heterocycles. The van der Waals surface area contributed by atoms with Gasteiger partial charge in [-0.2, -0.15) is 26.7 Å². The maximum Gasteiger partial charge on any atom is 0.516 e. The quantitative estimate of drug-likeness (QED) is 0.379. The number of fused-ring (bicyclic) bond motifs is 1. The van der Waals surface area contributed by atoms with Crippen LogP contribution in [0.1, 0.15) is 32.0 Å². The monoisotopic (exact) mass is 575 g/mol. The zero-order valence-electron chi connectivity index (χ0n) is 19.8. The molecule has 0 aliphatic carbocycles. The fourth-order valence-electron chi connectivity index (χ4n) is 3.77. The molecule has 0 fully saturated rings. The minimum absolute atomic E-state index is 0.0490. The standard InChI is InChI=1S/C23H22Cl2F3N5O3S/c1-22(2,3)18-12-19(30-21(34)29-16-6-4-5-15(24)20(16)25)33(31-18)14-7-8-17-13(11-14)9-10-32(17)37(35,36)23(26,27)28/h4-8,11-12H,9-10H2,1-3H3,(H2,29,30,34). The number of nitrogens with zero attached hydrogens (tertiary/aromatic N) is 3. The highest BCUT2D eigenvalue weighted by molar-refractivity contribution is 7.93. The SMILES string of the molecule is CC(C)(C)c1cc(NC(=O)Nc2cccc(Cl)c2Cl)n(-c2ccc3c(c2)CCN3S(=O)(=O)C(F)(F)F)n1. The van der Waals surface area contributed by atoms with Crippen LogP contribution in [0.2, 0.25) is 10.0 Å². The molecule has 0 spiro atoms. The molecule has 2 heterocycles. The molecule has 3 aromatic rings. The number of carbonyl (C=O) groups excluding carboxylic acids is 1. The molecule has 198 valence electrons. The van der Waals surface area contributed by atoms with E-state index in [0.717, 1.165) is 0 Å². The number of nitrogens with one attached hydrogen (secondary N) is 2. The summed E-state index contributed by atoms with van der Waals surface area (Å²) in [6.07, 6.45) is 0.0857. The van der Waals surface area contributed by atoms with Crippen LogP contribution in [-0.2, 0) is 21.9 Å². The van der Waals surface area contributed by atoms with Crippen LogP contribution in [0, 0.1) is 0 Å². The lowest BCUT2D eigenvalue weighted by atomic mass is 9.92. The van der Waals surface area contributed by atoms with Crippen molar-refractivity contribution in [3.8, 4) is 5.69 Å². The van der Waals surface area contributed by atoms with Crippen molar-refractivity contribution in [3.05, 3.63) is 63.8 Å². The van der Waals surface area contributed by atoms with Gasteiger partial charge in [0.1, 0.15) is 5.82 Å². The van der Waals surface area contributed by atoms with Crippen molar-refractivity contribution in [1.82, 2.24) is 9.78 Å². The third-order valence-electron chi connectivity index (χ3n) is 5.66. The lowest BCUT2D eigenvalue weighted by Crippen LogP contribution is -2.39. The van der Waals surface area contributed by atoms with E-state index in [1.54, 1.807) is 30.3 Å². The molecule has 0 saturated heterocycles. The summed E-state index contributed by atoms with van der Waals surface area (Å²) >= 11 is 12.2. The Morgan fingerprint density at radius 1 is 1.05 bits per heavy atom. The Morgan fingerprint density at radius 2 is 1.76 bits per heavy atom. The minimum atomic E-state index is -5.52. The predicted octanol–water partition coefficient (Wildman–Crippen LogP) is 6.33. The van der Waals surface area contributed by atoms with Crippen molar-refractivity contribution in [2.45, 2.75) is 38.1 Å². The first-order chi connectivity index (χ1) is 17.1. The van der Waals surface area contributed by atoms with Gasteiger partial charge in [-0.3, -0.25) is 9.62 Å². The Bertz CT molecular complexity index is 1480. The summed E-state index contributed by atoms with van der Waals surface area (Å²) in [5.74, 6) is 0.276. The van der Waals surface area contributed by atoms with E-state index in [2.05, 4.69) is 15.7 Å². The number of amides is 2. The van der Waals surface area contributed by atoms with Gasteiger partial charge in [-0.05, 0) is 42.3 Å². The number of hydrogen-bond donors (Lipinski definition) is 2. The number of anilines is 3. The Balaban J connectivity index is 1.68. The Morgan fingerprint density at radius 3 is 2.41 bits per heavy atom. The van der Waals surface area contributed by atoms with Gasteiger partial charge in [0.2, 0.25) is 0 Å². The molecule has 2 amide bonds. The molecular weight excluding hydrogens is 554 g/mol. The van der Waals surface area contributed by atoms with Gasteiger partial charge < -0.3 is 5.32 Å². The van der Waals surface area contributed by atoms with Crippen molar-refractivity contribution < 1.29 is 26.4 Å². The van der Waals surface area contributed by atoms with Crippen molar-refractivity contribution in [3.63, 3.8) is 0 Å². The van der Waals surface area contributed by atoms with Gasteiger partial charge in [0.15, 0.2) is 0 Å². The zero-order valence-corrected chi connectivity index (χ0v) is 22.1. The lowest BCUT2D eigenvalue weighted by molar-refractivity contribution is -0.0437. The summed E-state index contributed by atoms with van der Waals surface area (Å²) in [7, 11) is -5.52. The summed E-state index contributed by atoms with van der Waals surface area (Å²) in [5.41, 5.74) is -4.11. The minimum Gasteiger partial charge on any atom is -0.306 e. The Kier molecular flexibility index (Phi) is 6.89. The predicted molar refractivity (Wildman–Crippen MR) is 137 cm³/mol. The van der Waals surface area contributed by atoms with E-state index in [1.165, 1.54) is 16.8 Å². The molecule has 0 saturated carbocycles. The van der Waals surface area contributed by atoms with Crippen LogP contribution < -0.4 is 14.9 Å². The number of hydrogen-bond acceptors (Lipinski definition) is 4. The van der Waals surface area contributed by atoms with E-state index in [9.17, 15) is 26.4 Å². The number of urea groups is 1. The number of halogens is 5. The van der Waals surface area contributed by atoms with Crippen LogP contribution in [0.15, 0.2) is 42.5 Å². The van der Waals surface area contributed by atoms with Gasteiger partial charge in [0.25, 0.3) is 0 Å². The van der Waals surface area contributed by atoms with Crippen molar-refractivity contribution in [2.75, 3.05) is 21.5 Å². The average molecular weight is 576 g/mol. The number of aromatic nitrogens is 2. The molecule has 37 heavy (non-hydrogen) atoms. The fourth-order valence-corrected chi connectivity index (χ4v) is 5.13. The first-order valence-electron chi connectivity index (χ1n) is 10.9. The maximum atomic E-state index is 13.1. The highest BCUT2D eigenvalue weighted by Crippen LogP contribution is 2.38. The molecule has 2 N–H and O–H groups in total. The van der Waals surface area contributed by atoms with E-state index in [-0.39, 0.29) is 40.2 Å². The molecule has 0 bridgehead atoms. The van der Waals surface area contributed by atoms with Gasteiger partial charge in [0.05, 0.1) is 32.8 Å². The van der Waals surface area contributed by atoms with Crippen LogP contribution >= 0.6 is 23.2 Å². The smallest absolute Gasteiger partial charge is 0.306 e. The van der Waals surface area contributed by atoms with Gasteiger partial charge in [-0.1, -0.05) is 50.0 Å². The number of sulfonamides is 1. The van der Waals surface area contributed by atoms with Gasteiger partial charge in [-0.15, -0.1) is 0 Å². The second-order valence-electron chi connectivity index (χ2n) is 9.34. The van der Waals surface area contributed by atoms with Crippen LogP contribution in [0.5, 0.6) is 0 Å². The van der Waals surface area contributed by atoms with Crippen LogP contribution in [0.4, 0.5) is 35.2 Å². The first-order valence-corrected chi connectivity index (χ1v) is 13.1. The highest BCUT2D eigenvalue weighted by Gasteiger charge is 2.51. The van der Waals surface area contributed by atoms with E-state index in [1.807, 2.05) is 20.8 Å². The van der Waals surface area contributed by atoms with Crippen LogP contribution in [0.25, 0.3) is 5.69 Å². The molecule has 0 radical (unpaired) electrons. The lowest BCUT2D eigenvalue weighted by Gasteiger charge is -2.21. The normalized spacial score (nSPS) is 14.0. The van der Waals surface area contributed by atoms with Crippen LogP contribution in [0.3, 0.4) is 0 Å². The Labute approximate surface area is 221 Å². The number of alkyl halides is 3. The van der Waals surface area contributed by atoms with E-state index >= 15 is 0 Å². The fraction of sp³-hybridized carbons (Fsp3) is 0.304. The van der Waals surface area contributed by atoms with Crippen molar-refractivity contribution in [2.24, 2.45) is 0 Å². The topological polar surface area (TPSA) is 96.3 Å². The number of carbonyl (C=O) groups is 1. The van der Waals surface area contributed by atoms with E-state index < -0.39 is 27.0 Å². The zero-order chi connectivity index (χ0) is 27.3. The summed E-state index contributed by atoms with van der Waals surface area (Å²) in [6, 6.07) is 10.1. The van der Waals surface area contributed by atoms with Crippen molar-refractivity contribution in [1.29, 1.82) is 0 Å². The molecule has 2 aromatic carbocycles. The van der Waals surface area contributed by atoms with E-state index in [4.69, 9.17) is 23.2 Å². The summed E-state index contributed by atoms with van der Waals surface area (Å²) in [6.45, 7) is 5.45. The van der Waals surface area contributed by atoms with Crippen LogP contribution in [-0.4, -0.2) is 36.3 Å². The van der Waals surface area contributed by atoms with Gasteiger partial charge in [0, 0.05) is 18.0 Å². The van der Waals surface area contributed by atoms with Gasteiger partial charge >= 0.3 is 21.6 Å². The molecule has 4 rings (SSSR count). The first kappa shape index (κ1) is 27.1. The van der Waals surface area contributed by atoms with E-state index in [0.29, 0.717) is 21.2 Å². The Hall–Kier alpha value is -2.96. The second kappa shape index (κ2) is 9.41. The summed E-state index contributed by atoms with van der Waals surface area (Å²) in [5, 5.41) is 10.3. The molecule has 1 aromatic heterocycles. The number of rotatable bonds is 4. The molecule has 0 atom stereocenters. The third-order valence-corrected chi connectivity index (χ3v) is 8.03. The largest absolute Gasteiger partial charge is 0.516 e. The highest BCUT2D eigenvalue weighted by atomic mass is 35.5. The van der Waals surface area contributed by atoms with Gasteiger partial charge in [-0.25, -0.2) is 9.48 Å². The summed E-state index contributed by atoms with van der Waals surface area (Å²) in [4.78, 5) is 12.8. The third kappa shape index (κ3) is 5.23. The average Bonchev–Trinajstić information content (AvgIpc) is 3.40.